The molecule has 1 aromatic heterocycles. The molecule has 0 unspecified atom stereocenters. The Bertz CT molecular complexity index is 429. The van der Waals surface area contributed by atoms with Gasteiger partial charge in [0.1, 0.15) is 6.54 Å². The molecule has 5 nitrogen and oxygen atoms in total. The van der Waals surface area contributed by atoms with Crippen LogP contribution in [0, 0.1) is 11.3 Å². The second kappa shape index (κ2) is 5.71. The second-order valence-corrected chi connectivity index (χ2v) is 3.34. The second-order valence-electron chi connectivity index (χ2n) is 3.34. The fourth-order valence-corrected chi connectivity index (χ4v) is 1.34. The molecule has 0 aromatic carbocycles. The van der Waals surface area contributed by atoms with Gasteiger partial charge in [-0.1, -0.05) is 0 Å². The number of nitrogens with zero attached hydrogens (tertiary/aromatic N) is 2. The Labute approximate surface area is 93.7 Å². The first-order chi connectivity index (χ1) is 7.65. The van der Waals surface area contributed by atoms with E-state index in [9.17, 15) is 9.59 Å². The molecule has 1 heterocycles. The predicted molar refractivity (Wildman–Crippen MR) is 57.7 cm³/mol. The molecule has 0 aliphatic rings. The molecule has 0 atom stereocenters. The van der Waals surface area contributed by atoms with Crippen molar-refractivity contribution in [3.05, 3.63) is 24.0 Å². The summed E-state index contributed by atoms with van der Waals surface area (Å²) < 4.78 is 1.59. The molecule has 0 saturated heterocycles. The molecule has 0 bridgehead atoms. The lowest BCUT2D eigenvalue weighted by molar-refractivity contribution is -0.121. The molecule has 0 aliphatic heterocycles. The van der Waals surface area contributed by atoms with Crippen LogP contribution in [-0.2, 0) is 11.3 Å². The van der Waals surface area contributed by atoms with E-state index < -0.39 is 0 Å². The number of ketones is 1. The summed E-state index contributed by atoms with van der Waals surface area (Å²) in [5, 5.41) is 10.9. The zero-order valence-electron chi connectivity index (χ0n) is 9.06. The lowest BCUT2D eigenvalue weighted by Gasteiger charge is -2.06. The Balaban J connectivity index is 2.53. The van der Waals surface area contributed by atoms with Gasteiger partial charge in [-0.2, -0.15) is 5.26 Å². The SMILES string of the molecule is CC(=O)c1cccn1CC(=O)NCCC#N. The number of nitriles is 1. The molecule has 0 saturated carbocycles. The standard InChI is InChI=1S/C11H13N3O2/c1-9(15)10-4-2-7-14(10)8-11(16)13-6-3-5-12/h2,4,7H,3,6,8H2,1H3,(H,13,16). The van der Waals surface area contributed by atoms with Gasteiger partial charge in [0.05, 0.1) is 18.2 Å². The highest BCUT2D eigenvalue weighted by Crippen LogP contribution is 2.02. The zero-order valence-corrected chi connectivity index (χ0v) is 9.06. The van der Waals surface area contributed by atoms with E-state index in [0.29, 0.717) is 12.2 Å². The maximum absolute atomic E-state index is 11.4. The van der Waals surface area contributed by atoms with Crippen molar-refractivity contribution in [1.29, 1.82) is 5.26 Å². The average molecular weight is 219 g/mol. The molecule has 5 heteroatoms. The van der Waals surface area contributed by atoms with E-state index in [1.807, 2.05) is 6.07 Å². The molecular formula is C11H13N3O2. The molecule has 1 rings (SSSR count). The number of rotatable bonds is 5. The Morgan fingerprint density at radius 3 is 2.94 bits per heavy atom. The van der Waals surface area contributed by atoms with E-state index in [1.165, 1.54) is 6.92 Å². The number of Topliss-reactive ketones (excluding diaryl/α,β-unsaturated/α-hetero) is 1. The van der Waals surface area contributed by atoms with Crippen LogP contribution in [0.1, 0.15) is 23.8 Å². The molecule has 16 heavy (non-hydrogen) atoms. The minimum absolute atomic E-state index is 0.0742. The van der Waals surface area contributed by atoms with Gasteiger partial charge in [0.25, 0.3) is 0 Å². The van der Waals surface area contributed by atoms with E-state index in [-0.39, 0.29) is 24.7 Å². The summed E-state index contributed by atoms with van der Waals surface area (Å²) in [5.41, 5.74) is 0.510. The van der Waals surface area contributed by atoms with Crippen molar-refractivity contribution in [2.75, 3.05) is 6.54 Å². The van der Waals surface area contributed by atoms with Gasteiger partial charge >= 0.3 is 0 Å². The van der Waals surface area contributed by atoms with Crippen molar-refractivity contribution in [2.45, 2.75) is 19.9 Å². The number of hydrogen-bond acceptors (Lipinski definition) is 3. The summed E-state index contributed by atoms with van der Waals surface area (Å²) in [6, 6.07) is 5.33. The van der Waals surface area contributed by atoms with Crippen molar-refractivity contribution in [3.63, 3.8) is 0 Å². The molecule has 1 aromatic rings. The van der Waals surface area contributed by atoms with E-state index in [2.05, 4.69) is 5.32 Å². The van der Waals surface area contributed by atoms with Crippen molar-refractivity contribution in [2.24, 2.45) is 0 Å². The number of amides is 1. The third-order valence-electron chi connectivity index (χ3n) is 2.06. The van der Waals surface area contributed by atoms with Gasteiger partial charge in [0.2, 0.25) is 5.91 Å². The van der Waals surface area contributed by atoms with Crippen LogP contribution in [0.2, 0.25) is 0 Å². The average Bonchev–Trinajstić information content (AvgIpc) is 2.66. The lowest BCUT2D eigenvalue weighted by Crippen LogP contribution is -2.28. The molecule has 0 radical (unpaired) electrons. The number of nitrogens with one attached hydrogen (secondary N) is 1. The minimum Gasteiger partial charge on any atom is -0.354 e. The van der Waals surface area contributed by atoms with E-state index in [0.717, 1.165) is 0 Å². The van der Waals surface area contributed by atoms with Crippen LogP contribution in [0.4, 0.5) is 0 Å². The van der Waals surface area contributed by atoms with E-state index in [4.69, 9.17) is 5.26 Å². The van der Waals surface area contributed by atoms with Gasteiger partial charge in [-0.3, -0.25) is 9.59 Å². The van der Waals surface area contributed by atoms with Crippen molar-refractivity contribution in [1.82, 2.24) is 9.88 Å². The van der Waals surface area contributed by atoms with Gasteiger partial charge < -0.3 is 9.88 Å². The smallest absolute Gasteiger partial charge is 0.239 e. The highest BCUT2D eigenvalue weighted by Gasteiger charge is 2.08. The van der Waals surface area contributed by atoms with Gasteiger partial charge in [-0.25, -0.2) is 0 Å². The lowest BCUT2D eigenvalue weighted by atomic mass is 10.3. The predicted octanol–water partition coefficient (Wildman–Crippen LogP) is 0.721. The van der Waals surface area contributed by atoms with Gasteiger partial charge in [-0.15, -0.1) is 0 Å². The fourth-order valence-electron chi connectivity index (χ4n) is 1.34. The largest absolute Gasteiger partial charge is 0.354 e. The number of carbonyl (C=O) groups is 2. The zero-order chi connectivity index (χ0) is 12.0. The third-order valence-corrected chi connectivity index (χ3v) is 2.06. The van der Waals surface area contributed by atoms with E-state index >= 15 is 0 Å². The summed E-state index contributed by atoms with van der Waals surface area (Å²) in [6.45, 7) is 1.90. The molecular weight excluding hydrogens is 206 g/mol. The normalized spacial score (nSPS) is 9.50. The van der Waals surface area contributed by atoms with Gasteiger partial charge in [0, 0.05) is 19.7 Å². The van der Waals surface area contributed by atoms with Crippen LogP contribution in [0.25, 0.3) is 0 Å². The summed E-state index contributed by atoms with van der Waals surface area (Å²) in [7, 11) is 0. The fraction of sp³-hybridized carbons (Fsp3) is 0.364. The molecule has 1 N–H and O–H groups in total. The summed E-state index contributed by atoms with van der Waals surface area (Å²) in [4.78, 5) is 22.6. The molecule has 0 fully saturated rings. The van der Waals surface area contributed by atoms with Crippen molar-refractivity contribution >= 4 is 11.7 Å². The first-order valence-corrected chi connectivity index (χ1v) is 4.95. The van der Waals surface area contributed by atoms with Crippen LogP contribution >= 0.6 is 0 Å². The molecule has 0 spiro atoms. The first-order valence-electron chi connectivity index (χ1n) is 4.95. The first kappa shape index (κ1) is 12.0. The summed E-state index contributed by atoms with van der Waals surface area (Å²) >= 11 is 0. The number of carbonyl (C=O) groups excluding carboxylic acids is 2. The van der Waals surface area contributed by atoms with Crippen molar-refractivity contribution in [3.8, 4) is 6.07 Å². The Hall–Kier alpha value is -2.09. The maximum Gasteiger partial charge on any atom is 0.239 e. The number of hydrogen-bond donors (Lipinski definition) is 1. The Kier molecular flexibility index (Phi) is 4.28. The minimum atomic E-state index is -0.200. The highest BCUT2D eigenvalue weighted by atomic mass is 16.2. The summed E-state index contributed by atoms with van der Waals surface area (Å²) in [6.07, 6.45) is 1.97. The van der Waals surface area contributed by atoms with Crippen LogP contribution < -0.4 is 5.32 Å². The molecule has 1 amide bonds. The van der Waals surface area contributed by atoms with Crippen LogP contribution in [0.3, 0.4) is 0 Å². The van der Waals surface area contributed by atoms with Gasteiger partial charge in [0.15, 0.2) is 5.78 Å². The van der Waals surface area contributed by atoms with Crippen LogP contribution in [-0.4, -0.2) is 22.8 Å². The monoisotopic (exact) mass is 219 g/mol. The quantitative estimate of drug-likeness (QED) is 0.585. The summed E-state index contributed by atoms with van der Waals surface area (Å²) in [5.74, 6) is -0.274. The van der Waals surface area contributed by atoms with Gasteiger partial charge in [-0.05, 0) is 12.1 Å². The molecule has 84 valence electrons. The van der Waals surface area contributed by atoms with Crippen LogP contribution in [0.15, 0.2) is 18.3 Å². The van der Waals surface area contributed by atoms with E-state index in [1.54, 1.807) is 22.9 Å². The third kappa shape index (κ3) is 3.24. The topological polar surface area (TPSA) is 74.9 Å². The Morgan fingerprint density at radius 1 is 1.56 bits per heavy atom. The number of aromatic nitrogens is 1. The maximum atomic E-state index is 11.4. The Morgan fingerprint density at radius 2 is 2.31 bits per heavy atom. The highest BCUT2D eigenvalue weighted by molar-refractivity contribution is 5.93. The molecule has 0 aliphatic carbocycles. The van der Waals surface area contributed by atoms with Crippen molar-refractivity contribution < 1.29 is 9.59 Å². The van der Waals surface area contributed by atoms with Crippen LogP contribution in [0.5, 0.6) is 0 Å².